The maximum Gasteiger partial charge on any atom is 0.249 e. The van der Waals surface area contributed by atoms with E-state index in [0.717, 1.165) is 0 Å². The van der Waals surface area contributed by atoms with Gasteiger partial charge in [-0.3, -0.25) is 4.79 Å². The highest BCUT2D eigenvalue weighted by Crippen LogP contribution is 2.19. The molecule has 0 heterocycles. The third kappa shape index (κ3) is 10.1. The predicted molar refractivity (Wildman–Crippen MR) is 71.8 cm³/mol. The number of carbonyl (C=O) groups excluding carboxylic acids is 1. The summed E-state index contributed by atoms with van der Waals surface area (Å²) in [7, 11) is 0. The van der Waals surface area contributed by atoms with Gasteiger partial charge in [-0.1, -0.05) is 13.8 Å². The molecule has 0 saturated heterocycles. The Kier molecular flexibility index (Phi) is 12.9. The van der Waals surface area contributed by atoms with Crippen molar-refractivity contribution in [3.63, 3.8) is 0 Å². The van der Waals surface area contributed by atoms with E-state index in [9.17, 15) is 9.90 Å². The summed E-state index contributed by atoms with van der Waals surface area (Å²) < 4.78 is 0. The van der Waals surface area contributed by atoms with Gasteiger partial charge in [-0.15, -0.1) is 0 Å². The quantitative estimate of drug-likeness (QED) is 0.239. The van der Waals surface area contributed by atoms with Gasteiger partial charge in [0.05, 0.1) is 19.8 Å². The average Bonchev–Trinajstić information content (AvgIpc) is 2.46. The van der Waals surface area contributed by atoms with Gasteiger partial charge in [0.25, 0.3) is 0 Å². The molecule has 122 valence electrons. The number of hydrogen-bond acceptors (Lipinski definition) is 7. The molecular formula is C12H27NO7. The molecular weight excluding hydrogens is 270 g/mol. The molecule has 7 N–H and O–H groups in total. The number of hydrogen-bond donors (Lipinski definition) is 7. The van der Waals surface area contributed by atoms with Crippen molar-refractivity contribution in [2.45, 2.75) is 32.5 Å². The Hall–Kier alpha value is -0.770. The van der Waals surface area contributed by atoms with Crippen molar-refractivity contribution < 1.29 is 35.4 Å². The lowest BCUT2D eigenvalue weighted by Crippen LogP contribution is -2.45. The zero-order chi connectivity index (χ0) is 16.2. The number of amides is 1. The van der Waals surface area contributed by atoms with Gasteiger partial charge < -0.3 is 36.0 Å². The molecule has 0 aromatic heterocycles. The number of aliphatic hydroxyl groups is 6. The van der Waals surface area contributed by atoms with Gasteiger partial charge in [-0.2, -0.15) is 0 Å². The van der Waals surface area contributed by atoms with E-state index in [1.54, 1.807) is 13.8 Å². The van der Waals surface area contributed by atoms with Crippen LogP contribution in [0.15, 0.2) is 0 Å². The molecule has 0 aliphatic rings. The van der Waals surface area contributed by atoms with Crippen LogP contribution in [0.5, 0.6) is 0 Å². The van der Waals surface area contributed by atoms with Crippen molar-refractivity contribution in [1.82, 2.24) is 5.32 Å². The monoisotopic (exact) mass is 297 g/mol. The second-order valence-electron chi connectivity index (χ2n) is 4.94. The van der Waals surface area contributed by atoms with Crippen LogP contribution in [-0.2, 0) is 4.79 Å². The van der Waals surface area contributed by atoms with Gasteiger partial charge in [0, 0.05) is 18.6 Å². The fourth-order valence-electron chi connectivity index (χ4n) is 0.886. The first kappa shape index (κ1) is 21.5. The van der Waals surface area contributed by atoms with Crippen molar-refractivity contribution in [3.05, 3.63) is 0 Å². The minimum Gasteiger partial charge on any atom is -0.396 e. The predicted octanol–water partition coefficient (Wildman–Crippen LogP) is -2.80. The van der Waals surface area contributed by atoms with E-state index < -0.39 is 23.5 Å². The molecule has 1 atom stereocenters. The number of rotatable bonds is 8. The molecule has 0 aliphatic heterocycles. The van der Waals surface area contributed by atoms with Crippen LogP contribution in [0.25, 0.3) is 0 Å². The highest BCUT2D eigenvalue weighted by atomic mass is 16.3. The van der Waals surface area contributed by atoms with Crippen LogP contribution in [0.4, 0.5) is 0 Å². The first-order chi connectivity index (χ1) is 9.26. The van der Waals surface area contributed by atoms with Crippen LogP contribution in [0.1, 0.15) is 20.3 Å². The Bertz CT molecular complexity index is 244. The molecule has 0 radical (unpaired) electrons. The topological polar surface area (TPSA) is 150 Å². The van der Waals surface area contributed by atoms with Crippen LogP contribution in [0.3, 0.4) is 0 Å². The summed E-state index contributed by atoms with van der Waals surface area (Å²) in [5.41, 5.74) is -0.844. The molecule has 0 aliphatic carbocycles. The first-order valence-electron chi connectivity index (χ1n) is 6.34. The Balaban J connectivity index is 0. The van der Waals surface area contributed by atoms with Crippen molar-refractivity contribution in [2.24, 2.45) is 5.41 Å². The van der Waals surface area contributed by atoms with E-state index in [1.165, 1.54) is 0 Å². The lowest BCUT2D eigenvalue weighted by Gasteiger charge is -2.27. The third-order valence-corrected chi connectivity index (χ3v) is 2.45. The van der Waals surface area contributed by atoms with Gasteiger partial charge >= 0.3 is 0 Å². The van der Waals surface area contributed by atoms with E-state index in [4.69, 9.17) is 25.5 Å². The summed E-state index contributed by atoms with van der Waals surface area (Å²) >= 11 is 0. The molecule has 20 heavy (non-hydrogen) atoms. The highest BCUT2D eigenvalue weighted by Gasteiger charge is 2.32. The molecule has 0 bridgehead atoms. The normalized spacial score (nSPS) is 12.7. The molecule has 8 nitrogen and oxygen atoms in total. The van der Waals surface area contributed by atoms with Crippen LogP contribution < -0.4 is 5.32 Å². The minimum atomic E-state index is -1.23. The zero-order valence-electron chi connectivity index (χ0n) is 12.0. The number of carbonyl (C=O) groups is 1. The highest BCUT2D eigenvalue weighted by molar-refractivity contribution is 5.81. The van der Waals surface area contributed by atoms with Crippen molar-refractivity contribution in [1.29, 1.82) is 0 Å². The van der Waals surface area contributed by atoms with Gasteiger partial charge in [0.1, 0.15) is 12.2 Å². The lowest BCUT2D eigenvalue weighted by atomic mass is 9.87. The van der Waals surface area contributed by atoms with Crippen molar-refractivity contribution >= 4 is 5.91 Å². The lowest BCUT2D eigenvalue weighted by molar-refractivity contribution is -0.137. The summed E-state index contributed by atoms with van der Waals surface area (Å²) in [6.45, 7) is 2.54. The van der Waals surface area contributed by atoms with Crippen molar-refractivity contribution in [2.75, 3.05) is 33.0 Å². The van der Waals surface area contributed by atoms with E-state index in [0.29, 0.717) is 13.0 Å². The van der Waals surface area contributed by atoms with Crippen LogP contribution in [-0.4, -0.2) is 81.7 Å². The maximum atomic E-state index is 11.3. The summed E-state index contributed by atoms with van der Waals surface area (Å²) in [4.78, 5) is 11.3. The Morgan fingerprint density at radius 3 is 1.90 bits per heavy atom. The molecule has 8 heteroatoms. The van der Waals surface area contributed by atoms with Gasteiger partial charge in [0.15, 0.2) is 0 Å². The SMILES string of the molecule is CC(C)(CO)[C@H](O)C(=O)NCCCO.OCC(O)CO. The molecule has 1 amide bonds. The van der Waals surface area contributed by atoms with Crippen LogP contribution in [0, 0.1) is 5.41 Å². The standard InChI is InChI=1S/C9H19NO4.C3H8O3/c1-9(2,6-12)7(13)8(14)10-4-3-5-11;4-1-3(6)2-5/h7,11-13H,3-6H2,1-2H3,(H,10,14);3-6H,1-2H2/t7-;/m1./s1. The summed E-state index contributed by atoms with van der Waals surface area (Å²) in [5.74, 6) is -0.516. The Labute approximate surface area is 118 Å². The van der Waals surface area contributed by atoms with Crippen LogP contribution in [0.2, 0.25) is 0 Å². The minimum absolute atomic E-state index is 0.000230. The molecule has 0 saturated carbocycles. The fraction of sp³-hybridized carbons (Fsp3) is 0.917. The molecule has 0 aromatic carbocycles. The van der Waals surface area contributed by atoms with E-state index in [1.807, 2.05) is 0 Å². The van der Waals surface area contributed by atoms with E-state index in [-0.39, 0.29) is 26.4 Å². The first-order valence-corrected chi connectivity index (χ1v) is 6.34. The molecule has 0 aromatic rings. The Morgan fingerprint density at radius 1 is 1.10 bits per heavy atom. The van der Waals surface area contributed by atoms with E-state index in [2.05, 4.69) is 5.32 Å². The molecule has 0 spiro atoms. The van der Waals surface area contributed by atoms with E-state index >= 15 is 0 Å². The Morgan fingerprint density at radius 2 is 1.60 bits per heavy atom. The number of aliphatic hydroxyl groups excluding tert-OH is 6. The molecule has 0 rings (SSSR count). The van der Waals surface area contributed by atoms with Gasteiger partial charge in [-0.05, 0) is 6.42 Å². The van der Waals surface area contributed by atoms with Gasteiger partial charge in [0.2, 0.25) is 5.91 Å². The van der Waals surface area contributed by atoms with Gasteiger partial charge in [-0.25, -0.2) is 0 Å². The number of nitrogens with one attached hydrogen (secondary N) is 1. The maximum absolute atomic E-state index is 11.3. The van der Waals surface area contributed by atoms with Crippen molar-refractivity contribution in [3.8, 4) is 0 Å². The summed E-state index contributed by atoms with van der Waals surface area (Å²) in [6.07, 6.45) is -1.73. The average molecular weight is 297 g/mol. The fourth-order valence-corrected chi connectivity index (χ4v) is 0.886. The third-order valence-electron chi connectivity index (χ3n) is 2.45. The molecule has 0 unspecified atom stereocenters. The summed E-state index contributed by atoms with van der Waals surface area (Å²) in [5, 5.41) is 53.4. The smallest absolute Gasteiger partial charge is 0.249 e. The largest absolute Gasteiger partial charge is 0.396 e. The molecule has 0 fully saturated rings. The second kappa shape index (κ2) is 12.0. The summed E-state index contributed by atoms with van der Waals surface area (Å²) in [6, 6.07) is 0. The zero-order valence-corrected chi connectivity index (χ0v) is 12.0. The second-order valence-corrected chi connectivity index (χ2v) is 4.94. The van der Waals surface area contributed by atoms with Crippen LogP contribution >= 0.6 is 0 Å².